The molecule has 2 heterocycles. The molecule has 0 spiro atoms. The predicted molar refractivity (Wildman–Crippen MR) is 121 cm³/mol. The molecule has 1 aliphatic heterocycles. The maximum absolute atomic E-state index is 12.0. The van der Waals surface area contributed by atoms with Crippen molar-refractivity contribution in [1.82, 2.24) is 9.88 Å². The molecule has 0 amide bonds. The van der Waals surface area contributed by atoms with Gasteiger partial charge in [-0.3, -0.25) is 14.7 Å². The fraction of sp³-hybridized carbons (Fsp3) is 0.478. The Morgan fingerprint density at radius 2 is 1.90 bits per heavy atom. The van der Waals surface area contributed by atoms with Crippen LogP contribution in [0.4, 0.5) is 0 Å². The van der Waals surface area contributed by atoms with Gasteiger partial charge in [0.15, 0.2) is 0 Å². The average molecular weight is 425 g/mol. The van der Waals surface area contributed by atoms with Gasteiger partial charge in [0.05, 0.1) is 0 Å². The summed E-state index contributed by atoms with van der Waals surface area (Å²) in [5, 5.41) is 27.8. The first kappa shape index (κ1) is 23.4. The van der Waals surface area contributed by atoms with Crippen LogP contribution in [0.15, 0.2) is 48.8 Å². The van der Waals surface area contributed by atoms with Gasteiger partial charge in [0.25, 0.3) is 0 Å². The van der Waals surface area contributed by atoms with Crippen molar-refractivity contribution in [2.24, 2.45) is 11.7 Å². The van der Waals surface area contributed by atoms with E-state index in [2.05, 4.69) is 28.1 Å². The SMILES string of the molecule is NC(CCCCB(O)O)(C(=O)O)C1CCN(Cc2ccccc2-c2cccnc2)CC1. The van der Waals surface area contributed by atoms with Crippen LogP contribution in [0.25, 0.3) is 11.1 Å². The smallest absolute Gasteiger partial charge is 0.451 e. The minimum atomic E-state index is -1.35. The summed E-state index contributed by atoms with van der Waals surface area (Å²) in [6.45, 7) is 2.40. The summed E-state index contributed by atoms with van der Waals surface area (Å²) in [7, 11) is -1.35. The number of piperidine rings is 1. The van der Waals surface area contributed by atoms with E-state index in [1.54, 1.807) is 6.20 Å². The Morgan fingerprint density at radius 1 is 1.16 bits per heavy atom. The Morgan fingerprint density at radius 3 is 2.55 bits per heavy atom. The third kappa shape index (κ3) is 6.14. The van der Waals surface area contributed by atoms with Gasteiger partial charge in [0.2, 0.25) is 0 Å². The summed E-state index contributed by atoms with van der Waals surface area (Å²) >= 11 is 0. The number of likely N-dealkylation sites (tertiary alicyclic amines) is 1. The van der Waals surface area contributed by atoms with Crippen molar-refractivity contribution < 1.29 is 19.9 Å². The molecule has 1 saturated heterocycles. The van der Waals surface area contributed by atoms with Crippen LogP contribution < -0.4 is 5.73 Å². The lowest BCUT2D eigenvalue weighted by Crippen LogP contribution is -2.56. The second-order valence-corrected chi connectivity index (χ2v) is 8.52. The molecule has 3 rings (SSSR count). The highest BCUT2D eigenvalue weighted by molar-refractivity contribution is 6.40. The van der Waals surface area contributed by atoms with E-state index in [1.165, 1.54) is 11.1 Å². The van der Waals surface area contributed by atoms with Crippen LogP contribution in [0.3, 0.4) is 0 Å². The Labute approximate surface area is 184 Å². The molecule has 31 heavy (non-hydrogen) atoms. The normalized spacial score (nSPS) is 17.3. The van der Waals surface area contributed by atoms with Gasteiger partial charge in [-0.2, -0.15) is 0 Å². The van der Waals surface area contributed by atoms with Crippen LogP contribution in [-0.4, -0.2) is 56.8 Å². The number of rotatable bonds is 10. The Hall–Kier alpha value is -2.26. The van der Waals surface area contributed by atoms with Crippen LogP contribution in [0.1, 0.15) is 37.7 Å². The summed E-state index contributed by atoms with van der Waals surface area (Å²) in [5.74, 6) is -1.05. The molecule has 0 saturated carbocycles. The minimum Gasteiger partial charge on any atom is -0.480 e. The van der Waals surface area contributed by atoms with Gasteiger partial charge in [-0.25, -0.2) is 0 Å². The maximum atomic E-state index is 12.0. The molecule has 1 unspecified atom stereocenters. The highest BCUT2D eigenvalue weighted by atomic mass is 16.4. The number of nitrogens with zero attached hydrogens (tertiary/aromatic N) is 2. The number of pyridine rings is 1. The highest BCUT2D eigenvalue weighted by Crippen LogP contribution is 2.33. The maximum Gasteiger partial charge on any atom is 0.451 e. The van der Waals surface area contributed by atoms with E-state index >= 15 is 0 Å². The van der Waals surface area contributed by atoms with Crippen molar-refractivity contribution in [3.63, 3.8) is 0 Å². The molecule has 1 aliphatic rings. The van der Waals surface area contributed by atoms with Crippen LogP contribution in [-0.2, 0) is 11.3 Å². The third-order valence-corrected chi connectivity index (χ3v) is 6.40. The molecule has 1 atom stereocenters. The number of carboxylic acids is 1. The van der Waals surface area contributed by atoms with E-state index in [-0.39, 0.29) is 12.2 Å². The van der Waals surface area contributed by atoms with Gasteiger partial charge in [-0.1, -0.05) is 43.2 Å². The molecule has 2 aromatic rings. The number of carbonyl (C=O) groups is 1. The molecule has 0 radical (unpaired) electrons. The van der Waals surface area contributed by atoms with Gasteiger partial charge in [0, 0.05) is 24.5 Å². The largest absolute Gasteiger partial charge is 0.480 e. The molecule has 1 fully saturated rings. The van der Waals surface area contributed by atoms with Crippen molar-refractivity contribution in [3.05, 3.63) is 54.4 Å². The van der Waals surface area contributed by atoms with Gasteiger partial charge >= 0.3 is 13.1 Å². The number of hydrogen-bond acceptors (Lipinski definition) is 6. The van der Waals surface area contributed by atoms with Crippen LogP contribution >= 0.6 is 0 Å². The van der Waals surface area contributed by atoms with Crippen LogP contribution in [0, 0.1) is 5.92 Å². The summed E-state index contributed by atoms with van der Waals surface area (Å²) in [6, 6.07) is 12.3. The number of nitrogens with two attached hydrogens (primary N) is 1. The van der Waals surface area contributed by atoms with E-state index in [0.29, 0.717) is 19.3 Å². The Balaban J connectivity index is 1.60. The molecule has 0 aliphatic carbocycles. The van der Waals surface area contributed by atoms with E-state index in [9.17, 15) is 9.90 Å². The van der Waals surface area contributed by atoms with Crippen molar-refractivity contribution in [1.29, 1.82) is 0 Å². The minimum absolute atomic E-state index is 0.0890. The van der Waals surface area contributed by atoms with Crippen molar-refractivity contribution in [2.45, 2.75) is 50.5 Å². The van der Waals surface area contributed by atoms with Gasteiger partial charge in [-0.15, -0.1) is 0 Å². The van der Waals surface area contributed by atoms with Crippen molar-refractivity contribution in [2.75, 3.05) is 13.1 Å². The molecule has 166 valence electrons. The first-order chi connectivity index (χ1) is 14.9. The zero-order chi connectivity index (χ0) is 22.3. The lowest BCUT2D eigenvalue weighted by Gasteiger charge is -2.40. The number of benzene rings is 1. The topological polar surface area (TPSA) is 120 Å². The summed E-state index contributed by atoms with van der Waals surface area (Å²) in [4.78, 5) is 18.6. The van der Waals surface area contributed by atoms with E-state index in [1.807, 2.05) is 24.4 Å². The summed E-state index contributed by atoms with van der Waals surface area (Å²) < 4.78 is 0. The lowest BCUT2D eigenvalue weighted by atomic mass is 9.74. The number of carboxylic acid groups (broad SMARTS) is 1. The Bertz CT molecular complexity index is 844. The second-order valence-electron chi connectivity index (χ2n) is 8.52. The third-order valence-electron chi connectivity index (χ3n) is 6.40. The number of unbranched alkanes of at least 4 members (excludes halogenated alkanes) is 1. The molecule has 8 heteroatoms. The van der Waals surface area contributed by atoms with Crippen LogP contribution in [0.5, 0.6) is 0 Å². The number of aromatic nitrogens is 1. The first-order valence-electron chi connectivity index (χ1n) is 11.0. The van der Waals surface area contributed by atoms with Crippen molar-refractivity contribution in [3.8, 4) is 11.1 Å². The highest BCUT2D eigenvalue weighted by Gasteiger charge is 2.42. The molecular weight excluding hydrogens is 393 g/mol. The predicted octanol–water partition coefficient (Wildman–Crippen LogP) is 2.39. The Kier molecular flexibility index (Phi) is 8.20. The zero-order valence-corrected chi connectivity index (χ0v) is 17.9. The van der Waals surface area contributed by atoms with E-state index < -0.39 is 18.6 Å². The van der Waals surface area contributed by atoms with Gasteiger partial charge < -0.3 is 20.9 Å². The molecule has 1 aromatic heterocycles. The van der Waals surface area contributed by atoms with E-state index in [4.69, 9.17) is 15.8 Å². The molecule has 5 N–H and O–H groups in total. The average Bonchev–Trinajstić information content (AvgIpc) is 2.78. The lowest BCUT2D eigenvalue weighted by molar-refractivity contribution is -0.147. The van der Waals surface area contributed by atoms with Crippen LogP contribution in [0.2, 0.25) is 6.32 Å². The fourth-order valence-corrected chi connectivity index (χ4v) is 4.54. The van der Waals surface area contributed by atoms with E-state index in [0.717, 1.165) is 38.0 Å². The van der Waals surface area contributed by atoms with Crippen molar-refractivity contribution >= 4 is 13.1 Å². The van der Waals surface area contributed by atoms with Gasteiger partial charge in [0.1, 0.15) is 5.54 Å². The molecular formula is C23H32BN3O4. The molecule has 1 aromatic carbocycles. The number of aliphatic carboxylic acids is 1. The summed E-state index contributed by atoms with van der Waals surface area (Å²) in [5.41, 5.74) is 8.61. The molecule has 7 nitrogen and oxygen atoms in total. The van der Waals surface area contributed by atoms with Gasteiger partial charge in [-0.05, 0) is 61.8 Å². The standard InChI is InChI=1S/C23H32BN3O4/c25-23(22(28)29,11-3-4-12-24(30)31)20-9-14-27(15-10-20)17-19-6-1-2-8-21(19)18-7-5-13-26-16-18/h1-2,5-8,13,16,20,30-31H,3-4,9-12,14-15,17,25H2,(H,28,29). The second kappa shape index (κ2) is 10.9. The first-order valence-corrected chi connectivity index (χ1v) is 11.0. The summed E-state index contributed by atoms with van der Waals surface area (Å²) in [6.07, 6.45) is 6.82. The number of hydrogen-bond donors (Lipinski definition) is 4. The monoisotopic (exact) mass is 425 g/mol. The quantitative estimate of drug-likeness (QED) is 0.341. The molecule has 0 bridgehead atoms. The zero-order valence-electron chi connectivity index (χ0n) is 17.9. The fourth-order valence-electron chi connectivity index (χ4n) is 4.54.